The van der Waals surface area contributed by atoms with Gasteiger partial charge in [-0.05, 0) is 6.08 Å². The highest BCUT2D eigenvalue weighted by atomic mass is 32.2. The van der Waals surface area contributed by atoms with E-state index in [1.807, 2.05) is 11.8 Å². The second-order valence-corrected chi connectivity index (χ2v) is 20.2. The van der Waals surface area contributed by atoms with Gasteiger partial charge in [0.05, 0.1) is 46.6 Å². The smallest absolute Gasteiger partial charge is 0.150 e. The molecule has 5 heteroatoms. The predicted molar refractivity (Wildman–Crippen MR) is 102 cm³/mol. The van der Waals surface area contributed by atoms with Crippen molar-refractivity contribution in [2.75, 3.05) is 20.3 Å². The Morgan fingerprint density at radius 3 is 2.09 bits per heavy atom. The van der Waals surface area contributed by atoms with E-state index < -0.39 is 16.1 Å². The number of hydrogen-bond donors (Lipinski definition) is 0. The monoisotopic (exact) mass is 352 g/mol. The number of rotatable bonds is 3. The molecule has 2 aliphatic heterocycles. The summed E-state index contributed by atoms with van der Waals surface area (Å²) >= 11 is 1.87. The van der Waals surface area contributed by atoms with E-state index in [9.17, 15) is 0 Å². The van der Waals surface area contributed by atoms with Crippen LogP contribution < -0.4 is 0 Å². The van der Waals surface area contributed by atoms with Crippen LogP contribution in [-0.2, 0) is 9.47 Å². The number of hydrogen-bond acceptors (Lipinski definition) is 3. The van der Waals surface area contributed by atoms with Crippen molar-refractivity contribution in [3.05, 3.63) is 33.7 Å². The largest absolute Gasteiger partial charge is 0.491 e. The molecule has 1 fully saturated rings. The third-order valence-electron chi connectivity index (χ3n) is 4.99. The first-order valence-electron chi connectivity index (χ1n) is 8.04. The summed E-state index contributed by atoms with van der Waals surface area (Å²) in [5, 5.41) is 4.37. The lowest BCUT2D eigenvalue weighted by Gasteiger charge is -2.43. The van der Waals surface area contributed by atoms with Gasteiger partial charge in [-0.2, -0.15) is 0 Å². The van der Waals surface area contributed by atoms with Crippen LogP contribution in [0.4, 0.5) is 0 Å². The van der Waals surface area contributed by atoms with Gasteiger partial charge < -0.3 is 9.47 Å². The SMILES string of the molecule is COC1=C[C@@]23C=C([Si](C)(C)C)C([Si](C)(C)C)=C[C@]2(COC3)S1. The summed E-state index contributed by atoms with van der Waals surface area (Å²) in [6, 6.07) is 0. The van der Waals surface area contributed by atoms with Crippen molar-refractivity contribution in [1.82, 2.24) is 0 Å². The van der Waals surface area contributed by atoms with Gasteiger partial charge in [0.15, 0.2) is 5.09 Å². The molecule has 3 aliphatic rings. The molecule has 0 bridgehead atoms. The van der Waals surface area contributed by atoms with Crippen LogP contribution in [0.1, 0.15) is 0 Å². The van der Waals surface area contributed by atoms with E-state index in [-0.39, 0.29) is 10.2 Å². The Kier molecular flexibility index (Phi) is 3.69. The number of thioether (sulfide) groups is 1. The minimum Gasteiger partial charge on any atom is -0.491 e. The first-order chi connectivity index (χ1) is 10.0. The molecular formula is C17H28O2SSi2. The van der Waals surface area contributed by atoms with Crippen LogP contribution in [0.5, 0.6) is 0 Å². The van der Waals surface area contributed by atoms with E-state index in [1.54, 1.807) is 17.5 Å². The molecule has 0 N–H and O–H groups in total. The van der Waals surface area contributed by atoms with Gasteiger partial charge in [-0.3, -0.25) is 0 Å². The number of ether oxygens (including phenoxy) is 2. The molecule has 0 spiro atoms. The van der Waals surface area contributed by atoms with E-state index in [1.165, 1.54) is 0 Å². The molecule has 1 aliphatic carbocycles. The molecule has 0 aromatic carbocycles. The lowest BCUT2D eigenvalue weighted by atomic mass is 9.74. The molecule has 0 aromatic heterocycles. The van der Waals surface area contributed by atoms with E-state index in [4.69, 9.17) is 9.47 Å². The summed E-state index contributed by atoms with van der Waals surface area (Å²) in [4.78, 5) is 0. The zero-order valence-corrected chi connectivity index (χ0v) is 17.7. The molecule has 22 heavy (non-hydrogen) atoms. The van der Waals surface area contributed by atoms with Gasteiger partial charge in [-0.15, -0.1) is 0 Å². The van der Waals surface area contributed by atoms with E-state index in [0.717, 1.165) is 18.3 Å². The molecule has 0 unspecified atom stereocenters. The van der Waals surface area contributed by atoms with Crippen molar-refractivity contribution < 1.29 is 9.47 Å². The maximum absolute atomic E-state index is 5.98. The maximum Gasteiger partial charge on any atom is 0.150 e. The minimum atomic E-state index is -1.40. The Bertz CT molecular complexity index is 595. The third-order valence-corrected chi connectivity index (χ3v) is 10.8. The normalized spacial score (nSPS) is 34.6. The molecule has 2 heterocycles. The molecule has 0 amide bonds. The third kappa shape index (κ3) is 2.32. The maximum atomic E-state index is 5.98. The van der Waals surface area contributed by atoms with Gasteiger partial charge in [0.1, 0.15) is 0 Å². The van der Waals surface area contributed by atoms with Crippen LogP contribution in [0, 0.1) is 5.41 Å². The predicted octanol–water partition coefficient (Wildman–Crippen LogP) is 4.60. The molecule has 0 radical (unpaired) electrons. The summed E-state index contributed by atoms with van der Waals surface area (Å²) in [6.07, 6.45) is 7.49. The van der Waals surface area contributed by atoms with Crippen molar-refractivity contribution in [2.45, 2.75) is 44.0 Å². The molecule has 2 atom stereocenters. The Balaban J connectivity index is 2.21. The zero-order valence-electron chi connectivity index (χ0n) is 14.9. The lowest BCUT2D eigenvalue weighted by Crippen LogP contribution is -2.46. The average Bonchev–Trinajstić information content (AvgIpc) is 2.86. The number of methoxy groups -OCH3 is 1. The Hall–Kier alpha value is -0.236. The summed E-state index contributed by atoms with van der Waals surface area (Å²) in [5.74, 6) is 0. The van der Waals surface area contributed by atoms with Crippen molar-refractivity contribution in [3.8, 4) is 0 Å². The fraction of sp³-hybridized carbons (Fsp3) is 0.647. The van der Waals surface area contributed by atoms with Crippen LogP contribution in [0.15, 0.2) is 33.7 Å². The highest BCUT2D eigenvalue weighted by Gasteiger charge is 2.60. The minimum absolute atomic E-state index is 0.00176. The topological polar surface area (TPSA) is 18.5 Å². The zero-order chi connectivity index (χ0) is 16.4. The second-order valence-electron chi connectivity index (χ2n) is 8.81. The molecule has 1 saturated heterocycles. The highest BCUT2D eigenvalue weighted by Crippen LogP contribution is 2.62. The average molecular weight is 353 g/mol. The lowest BCUT2D eigenvalue weighted by molar-refractivity contribution is 0.178. The van der Waals surface area contributed by atoms with Gasteiger partial charge >= 0.3 is 0 Å². The molecule has 0 aromatic rings. The van der Waals surface area contributed by atoms with Crippen LogP contribution in [0.2, 0.25) is 39.3 Å². The first-order valence-corrected chi connectivity index (χ1v) is 15.9. The second kappa shape index (κ2) is 4.88. The summed E-state index contributed by atoms with van der Waals surface area (Å²) < 4.78 is 11.6. The quantitative estimate of drug-likeness (QED) is 0.692. The summed E-state index contributed by atoms with van der Waals surface area (Å²) in [5.41, 5.74) is 0.00176. The highest BCUT2D eigenvalue weighted by molar-refractivity contribution is 8.04. The molecule has 0 saturated carbocycles. The van der Waals surface area contributed by atoms with Crippen LogP contribution in [0.3, 0.4) is 0 Å². The van der Waals surface area contributed by atoms with Gasteiger partial charge in [-0.1, -0.05) is 73.6 Å². The molecule has 2 nitrogen and oxygen atoms in total. The molecule has 3 rings (SSSR count). The van der Waals surface area contributed by atoms with Gasteiger partial charge in [-0.25, -0.2) is 0 Å². The van der Waals surface area contributed by atoms with Crippen LogP contribution >= 0.6 is 11.8 Å². The Morgan fingerprint density at radius 1 is 0.955 bits per heavy atom. The van der Waals surface area contributed by atoms with E-state index in [2.05, 4.69) is 57.5 Å². The Morgan fingerprint density at radius 2 is 1.55 bits per heavy atom. The first kappa shape index (κ1) is 16.6. The van der Waals surface area contributed by atoms with Gasteiger partial charge in [0.25, 0.3) is 0 Å². The standard InChI is InChI=1S/C17H28O2SSi2/c1-18-15-10-16-8-13(21(2,3)4)14(22(5,6)7)9-17(16,20-15)12-19-11-16/h8-10H,11-12H2,1-7H3/t16-,17-/m1/s1. The summed E-state index contributed by atoms with van der Waals surface area (Å²) in [6.45, 7) is 16.4. The fourth-order valence-corrected chi connectivity index (χ4v) is 10.6. The van der Waals surface area contributed by atoms with Crippen molar-refractivity contribution in [1.29, 1.82) is 0 Å². The van der Waals surface area contributed by atoms with Crippen molar-refractivity contribution in [2.24, 2.45) is 5.41 Å². The van der Waals surface area contributed by atoms with Gasteiger partial charge in [0.2, 0.25) is 0 Å². The van der Waals surface area contributed by atoms with Crippen molar-refractivity contribution in [3.63, 3.8) is 0 Å². The Labute approximate surface area is 141 Å². The van der Waals surface area contributed by atoms with E-state index in [0.29, 0.717) is 0 Å². The fourth-order valence-electron chi connectivity index (χ4n) is 3.73. The molecular weight excluding hydrogens is 324 g/mol. The van der Waals surface area contributed by atoms with Crippen LogP contribution in [0.25, 0.3) is 0 Å². The van der Waals surface area contributed by atoms with E-state index >= 15 is 0 Å². The summed E-state index contributed by atoms with van der Waals surface area (Å²) in [7, 11) is -1.01. The van der Waals surface area contributed by atoms with Crippen LogP contribution in [-0.4, -0.2) is 41.2 Å². The number of allylic oxidation sites excluding steroid dienone is 2. The van der Waals surface area contributed by atoms with Crippen molar-refractivity contribution >= 4 is 27.9 Å². The van der Waals surface area contributed by atoms with Gasteiger partial charge in [0, 0.05) is 0 Å². The molecule has 122 valence electrons.